The lowest BCUT2D eigenvalue weighted by molar-refractivity contribution is -0.141. The van der Waals surface area contributed by atoms with E-state index in [1.807, 2.05) is 45.0 Å². The number of aliphatic carboxylic acids is 1. The number of likely N-dealkylation sites (tertiary alicyclic amines) is 1. The zero-order valence-corrected chi connectivity index (χ0v) is 19.9. The summed E-state index contributed by atoms with van der Waals surface area (Å²) in [6.45, 7) is 6.72. The van der Waals surface area contributed by atoms with Gasteiger partial charge >= 0.3 is 12.1 Å². The van der Waals surface area contributed by atoms with Crippen LogP contribution in [0.5, 0.6) is 0 Å². The molecule has 34 heavy (non-hydrogen) atoms. The fraction of sp³-hybridized carbons (Fsp3) is 0.444. The van der Waals surface area contributed by atoms with Gasteiger partial charge in [-0.1, -0.05) is 69.3 Å². The van der Waals surface area contributed by atoms with Gasteiger partial charge < -0.3 is 20.1 Å². The molecule has 0 radical (unpaired) electrons. The molecule has 7 nitrogen and oxygen atoms in total. The maximum absolute atomic E-state index is 12.8. The van der Waals surface area contributed by atoms with Crippen molar-refractivity contribution < 1.29 is 24.2 Å². The van der Waals surface area contributed by atoms with Crippen LogP contribution in [0.2, 0.25) is 0 Å². The third-order valence-electron chi connectivity index (χ3n) is 6.95. The van der Waals surface area contributed by atoms with E-state index in [0.717, 1.165) is 22.3 Å². The lowest BCUT2D eigenvalue weighted by Gasteiger charge is -2.32. The van der Waals surface area contributed by atoms with Crippen LogP contribution in [0.3, 0.4) is 0 Å². The maximum atomic E-state index is 12.8. The highest BCUT2D eigenvalue weighted by atomic mass is 16.5. The molecule has 1 heterocycles. The minimum absolute atomic E-state index is 0.0366. The number of nitrogens with zero attached hydrogens (tertiary/aromatic N) is 1. The average molecular weight is 465 g/mol. The van der Waals surface area contributed by atoms with Gasteiger partial charge in [0.25, 0.3) is 0 Å². The minimum Gasteiger partial charge on any atom is -0.481 e. The Kier molecular flexibility index (Phi) is 6.64. The van der Waals surface area contributed by atoms with Gasteiger partial charge in [-0.2, -0.15) is 0 Å². The van der Waals surface area contributed by atoms with Crippen LogP contribution in [0.15, 0.2) is 48.5 Å². The minimum atomic E-state index is -0.876. The van der Waals surface area contributed by atoms with E-state index < -0.39 is 24.0 Å². The number of benzene rings is 2. The maximum Gasteiger partial charge on any atom is 0.407 e. The SMILES string of the molecule is CC(C)(C)C(CC(=O)N1CCC(C(=O)O)C1)NC(=O)OCC1c2ccccc2-c2ccccc21. The Bertz CT molecular complexity index is 1040. The Morgan fingerprint density at radius 2 is 1.65 bits per heavy atom. The van der Waals surface area contributed by atoms with Gasteiger partial charge in [-0.15, -0.1) is 0 Å². The summed E-state index contributed by atoms with van der Waals surface area (Å²) in [6, 6.07) is 15.9. The molecule has 1 saturated heterocycles. The number of fused-ring (bicyclic) bond motifs is 3. The third-order valence-corrected chi connectivity index (χ3v) is 6.95. The Hall–Kier alpha value is -3.35. The summed E-state index contributed by atoms with van der Waals surface area (Å²) in [6.07, 6.45) is 0.000555. The molecule has 7 heteroatoms. The predicted molar refractivity (Wildman–Crippen MR) is 128 cm³/mol. The molecule has 2 N–H and O–H groups in total. The molecule has 4 rings (SSSR count). The lowest BCUT2D eigenvalue weighted by Crippen LogP contribution is -2.47. The van der Waals surface area contributed by atoms with Crippen LogP contribution in [0, 0.1) is 11.3 Å². The van der Waals surface area contributed by atoms with E-state index in [2.05, 4.69) is 29.6 Å². The predicted octanol–water partition coefficient (Wildman–Crippen LogP) is 4.26. The summed E-state index contributed by atoms with van der Waals surface area (Å²) in [5.41, 5.74) is 4.22. The summed E-state index contributed by atoms with van der Waals surface area (Å²) >= 11 is 0. The Morgan fingerprint density at radius 1 is 1.06 bits per heavy atom. The van der Waals surface area contributed by atoms with Gasteiger partial charge in [-0.05, 0) is 34.1 Å². The first kappa shape index (κ1) is 23.8. The topological polar surface area (TPSA) is 95.9 Å². The molecule has 2 atom stereocenters. The molecule has 1 fully saturated rings. The molecule has 0 bridgehead atoms. The number of nitrogens with one attached hydrogen (secondary N) is 1. The normalized spacial score (nSPS) is 18.2. The fourth-order valence-corrected chi connectivity index (χ4v) is 4.85. The third kappa shape index (κ3) is 4.93. The number of carboxylic acid groups (broad SMARTS) is 1. The van der Waals surface area contributed by atoms with Crippen molar-refractivity contribution in [3.05, 3.63) is 59.7 Å². The number of hydrogen-bond acceptors (Lipinski definition) is 4. The van der Waals surface area contributed by atoms with E-state index in [4.69, 9.17) is 4.74 Å². The number of alkyl carbamates (subject to hydrolysis) is 1. The largest absolute Gasteiger partial charge is 0.481 e. The molecule has 2 aromatic rings. The van der Waals surface area contributed by atoms with Crippen molar-refractivity contribution in [2.24, 2.45) is 11.3 Å². The van der Waals surface area contributed by atoms with Crippen molar-refractivity contribution >= 4 is 18.0 Å². The first-order chi connectivity index (χ1) is 16.1. The van der Waals surface area contributed by atoms with Gasteiger partial charge in [0, 0.05) is 31.5 Å². The van der Waals surface area contributed by atoms with Crippen LogP contribution in [0.4, 0.5) is 4.79 Å². The number of hydrogen-bond donors (Lipinski definition) is 2. The number of ether oxygens (including phenoxy) is 1. The molecule has 2 amide bonds. The second-order valence-electron chi connectivity index (χ2n) is 10.3. The fourth-order valence-electron chi connectivity index (χ4n) is 4.85. The lowest BCUT2D eigenvalue weighted by atomic mass is 9.84. The summed E-state index contributed by atoms with van der Waals surface area (Å²) in [4.78, 5) is 38.4. The van der Waals surface area contributed by atoms with Gasteiger partial charge in [0.1, 0.15) is 6.61 Å². The number of carbonyl (C=O) groups is 3. The van der Waals surface area contributed by atoms with Crippen molar-refractivity contribution in [3.8, 4) is 11.1 Å². The van der Waals surface area contributed by atoms with Crippen LogP contribution >= 0.6 is 0 Å². The molecule has 2 aliphatic rings. The number of carboxylic acids is 1. The molecular formula is C27H32N2O5. The van der Waals surface area contributed by atoms with Crippen LogP contribution in [-0.2, 0) is 14.3 Å². The molecule has 0 spiro atoms. The summed E-state index contributed by atoms with van der Waals surface area (Å²) in [7, 11) is 0. The smallest absolute Gasteiger partial charge is 0.407 e. The zero-order valence-electron chi connectivity index (χ0n) is 19.9. The number of rotatable bonds is 6. The molecule has 1 aliphatic carbocycles. The van der Waals surface area contributed by atoms with Crippen molar-refractivity contribution in [2.45, 2.75) is 45.6 Å². The second-order valence-corrected chi connectivity index (χ2v) is 10.3. The van der Waals surface area contributed by atoms with Gasteiger partial charge in [0.05, 0.1) is 5.92 Å². The van der Waals surface area contributed by atoms with Crippen LogP contribution in [0.25, 0.3) is 11.1 Å². The van der Waals surface area contributed by atoms with Crippen molar-refractivity contribution in [1.29, 1.82) is 0 Å². The van der Waals surface area contributed by atoms with Crippen LogP contribution in [-0.4, -0.2) is 53.7 Å². The van der Waals surface area contributed by atoms with Crippen LogP contribution in [0.1, 0.15) is 50.7 Å². The van der Waals surface area contributed by atoms with E-state index in [9.17, 15) is 19.5 Å². The molecule has 1 aliphatic heterocycles. The number of carbonyl (C=O) groups excluding carboxylic acids is 2. The van der Waals surface area contributed by atoms with Crippen LogP contribution < -0.4 is 5.32 Å². The van der Waals surface area contributed by atoms with E-state index in [1.54, 1.807) is 4.90 Å². The van der Waals surface area contributed by atoms with E-state index in [0.29, 0.717) is 13.0 Å². The van der Waals surface area contributed by atoms with E-state index in [1.165, 1.54) is 0 Å². The second kappa shape index (κ2) is 9.49. The van der Waals surface area contributed by atoms with E-state index in [-0.39, 0.29) is 36.8 Å². The highest BCUT2D eigenvalue weighted by Crippen LogP contribution is 2.44. The van der Waals surface area contributed by atoms with Crippen molar-refractivity contribution in [1.82, 2.24) is 10.2 Å². The highest BCUT2D eigenvalue weighted by molar-refractivity contribution is 5.81. The number of amides is 2. The monoisotopic (exact) mass is 464 g/mol. The molecule has 0 saturated carbocycles. The highest BCUT2D eigenvalue weighted by Gasteiger charge is 2.35. The molecule has 2 unspecified atom stereocenters. The summed E-state index contributed by atoms with van der Waals surface area (Å²) in [5.74, 6) is -1.58. The zero-order chi connectivity index (χ0) is 24.5. The first-order valence-corrected chi connectivity index (χ1v) is 11.8. The molecular weight excluding hydrogens is 432 g/mol. The van der Waals surface area contributed by atoms with Crippen molar-refractivity contribution in [2.75, 3.05) is 19.7 Å². The standard InChI is InChI=1S/C27H32N2O5/c1-27(2,3)23(14-24(30)29-13-12-17(15-29)25(31)32)28-26(33)34-16-22-20-10-6-4-8-18(20)19-9-5-7-11-21(19)22/h4-11,17,22-23H,12-16H2,1-3H3,(H,28,33)(H,31,32). The van der Waals surface area contributed by atoms with Gasteiger partial charge in [-0.25, -0.2) is 4.79 Å². The quantitative estimate of drug-likeness (QED) is 0.666. The Morgan fingerprint density at radius 3 is 2.18 bits per heavy atom. The van der Waals surface area contributed by atoms with E-state index >= 15 is 0 Å². The molecule has 0 aromatic heterocycles. The summed E-state index contributed by atoms with van der Waals surface area (Å²) in [5, 5.41) is 12.1. The van der Waals surface area contributed by atoms with Crippen molar-refractivity contribution in [3.63, 3.8) is 0 Å². The van der Waals surface area contributed by atoms with Gasteiger partial charge in [0.2, 0.25) is 5.91 Å². The molecule has 180 valence electrons. The average Bonchev–Trinajstić information content (AvgIpc) is 3.41. The summed E-state index contributed by atoms with van der Waals surface area (Å²) < 4.78 is 5.67. The Balaban J connectivity index is 1.39. The van der Waals surface area contributed by atoms with Gasteiger partial charge in [0.15, 0.2) is 0 Å². The Labute approximate surface area is 200 Å². The first-order valence-electron chi connectivity index (χ1n) is 11.8. The molecule has 2 aromatic carbocycles. The van der Waals surface area contributed by atoms with Gasteiger partial charge in [-0.3, -0.25) is 9.59 Å².